The van der Waals surface area contributed by atoms with Crippen molar-refractivity contribution in [3.05, 3.63) is 117 Å². The molecule has 0 amide bonds. The average molecular weight is 411 g/mol. The Morgan fingerprint density at radius 1 is 0.968 bits per heavy atom. The topological polar surface area (TPSA) is 59.9 Å². The zero-order valence-corrected chi connectivity index (χ0v) is 17.2. The van der Waals surface area contributed by atoms with Crippen LogP contribution in [-0.4, -0.2) is 9.88 Å². The fourth-order valence-corrected chi connectivity index (χ4v) is 3.76. The third-order valence-corrected chi connectivity index (χ3v) is 5.34. The van der Waals surface area contributed by atoms with Gasteiger partial charge < -0.3 is 4.98 Å². The number of rotatable bonds is 6. The molecule has 1 aromatic heterocycles. The first-order valence-corrected chi connectivity index (χ1v) is 10.1. The molecule has 1 N–H and O–H groups in total. The number of aromatic amines is 1. The van der Waals surface area contributed by atoms with Gasteiger partial charge in [-0.25, -0.2) is 4.39 Å². The number of aromatic nitrogens is 1. The highest BCUT2D eigenvalue weighted by molar-refractivity contribution is 5.79. The van der Waals surface area contributed by atoms with Crippen LogP contribution in [0.2, 0.25) is 0 Å². The first kappa shape index (κ1) is 20.5. The number of nitrogens with zero attached hydrogens (tertiary/aromatic N) is 2. The van der Waals surface area contributed by atoms with Crippen LogP contribution >= 0.6 is 0 Å². The van der Waals surface area contributed by atoms with Gasteiger partial charge in [0.2, 0.25) is 0 Å². The smallest absolute Gasteiger partial charge is 0.254 e. The first-order valence-electron chi connectivity index (χ1n) is 10.1. The van der Waals surface area contributed by atoms with Crippen molar-refractivity contribution >= 4 is 10.9 Å². The lowest BCUT2D eigenvalue weighted by atomic mass is 10.0. The Kier molecular flexibility index (Phi) is 5.92. The van der Waals surface area contributed by atoms with E-state index in [9.17, 15) is 14.4 Å². The lowest BCUT2D eigenvalue weighted by molar-refractivity contribution is 0.216. The van der Waals surface area contributed by atoms with Crippen LogP contribution in [0.5, 0.6) is 0 Å². The van der Waals surface area contributed by atoms with Gasteiger partial charge in [0, 0.05) is 24.2 Å². The summed E-state index contributed by atoms with van der Waals surface area (Å²) in [4.78, 5) is 17.8. The second-order valence-electron chi connectivity index (χ2n) is 7.69. The van der Waals surface area contributed by atoms with Gasteiger partial charge in [-0.05, 0) is 53.3 Å². The van der Waals surface area contributed by atoms with Gasteiger partial charge in [0.15, 0.2) is 0 Å². The van der Waals surface area contributed by atoms with Crippen molar-refractivity contribution in [3.8, 4) is 6.07 Å². The Morgan fingerprint density at radius 2 is 1.65 bits per heavy atom. The van der Waals surface area contributed by atoms with Crippen LogP contribution in [0, 0.1) is 24.1 Å². The number of fused-ring (bicyclic) bond motifs is 1. The number of halogens is 1. The largest absolute Gasteiger partial charge is 0.322 e. The maximum atomic E-state index is 13.4. The van der Waals surface area contributed by atoms with Crippen LogP contribution in [0.4, 0.5) is 4.39 Å². The van der Waals surface area contributed by atoms with Crippen LogP contribution in [-0.2, 0) is 13.1 Å². The molecule has 1 unspecified atom stereocenters. The number of hydrogen-bond donors (Lipinski definition) is 1. The Labute approximate surface area is 180 Å². The number of H-pyrrole nitrogens is 1. The van der Waals surface area contributed by atoms with Crippen molar-refractivity contribution in [1.29, 1.82) is 5.26 Å². The maximum Gasteiger partial charge on any atom is 0.254 e. The molecule has 0 saturated heterocycles. The lowest BCUT2D eigenvalue weighted by Crippen LogP contribution is -2.31. The van der Waals surface area contributed by atoms with E-state index in [2.05, 4.69) is 11.1 Å². The number of hydrogen-bond acceptors (Lipinski definition) is 3. The number of nitriles is 1. The number of pyridine rings is 1. The van der Waals surface area contributed by atoms with Gasteiger partial charge in [-0.3, -0.25) is 9.69 Å². The second kappa shape index (κ2) is 8.95. The van der Waals surface area contributed by atoms with Crippen molar-refractivity contribution in [2.75, 3.05) is 0 Å². The normalized spacial score (nSPS) is 12.1. The molecule has 0 bridgehead atoms. The van der Waals surface area contributed by atoms with Gasteiger partial charge in [-0.2, -0.15) is 5.26 Å². The molecule has 1 heterocycles. The maximum absolute atomic E-state index is 13.4. The quantitative estimate of drug-likeness (QED) is 0.472. The van der Waals surface area contributed by atoms with E-state index < -0.39 is 6.04 Å². The lowest BCUT2D eigenvalue weighted by Gasteiger charge is -2.27. The molecule has 1 atom stereocenters. The molecule has 31 heavy (non-hydrogen) atoms. The highest BCUT2D eigenvalue weighted by Crippen LogP contribution is 2.25. The fraction of sp³-hybridized carbons (Fsp3) is 0.154. The molecular weight excluding hydrogens is 389 g/mol. The molecular formula is C26H22FN3O. The molecule has 4 aromatic rings. The summed E-state index contributed by atoms with van der Waals surface area (Å²) in [6.07, 6.45) is 0. The Hall–Kier alpha value is -3.75. The molecule has 154 valence electrons. The Bertz CT molecular complexity index is 1290. The Morgan fingerprint density at radius 3 is 2.32 bits per heavy atom. The zero-order valence-electron chi connectivity index (χ0n) is 17.2. The monoisotopic (exact) mass is 411 g/mol. The summed E-state index contributed by atoms with van der Waals surface area (Å²) in [7, 11) is 0. The van der Waals surface area contributed by atoms with E-state index in [4.69, 9.17) is 0 Å². The highest BCUT2D eigenvalue weighted by Gasteiger charge is 2.24. The van der Waals surface area contributed by atoms with Crippen LogP contribution in [0.3, 0.4) is 0 Å². The SMILES string of the molecule is Cc1ccc2cc(C(C#N)N(Cc3ccccc3)Cc3ccc(F)cc3)c(=O)[nH]c2c1. The van der Waals surface area contributed by atoms with E-state index in [1.54, 1.807) is 18.2 Å². The molecule has 0 fully saturated rings. The summed E-state index contributed by atoms with van der Waals surface area (Å²) in [5, 5.41) is 11.0. The summed E-state index contributed by atoms with van der Waals surface area (Å²) in [5.41, 5.74) is 3.81. The summed E-state index contributed by atoms with van der Waals surface area (Å²) >= 11 is 0. The Balaban J connectivity index is 1.76. The van der Waals surface area contributed by atoms with Crippen LogP contribution in [0.1, 0.15) is 28.3 Å². The average Bonchev–Trinajstić information content (AvgIpc) is 2.77. The molecule has 0 radical (unpaired) electrons. The zero-order chi connectivity index (χ0) is 21.8. The van der Waals surface area contributed by atoms with Crippen molar-refractivity contribution in [2.24, 2.45) is 0 Å². The van der Waals surface area contributed by atoms with Gasteiger partial charge >= 0.3 is 0 Å². The van der Waals surface area contributed by atoms with Gasteiger partial charge in [0.25, 0.3) is 5.56 Å². The molecule has 0 aliphatic heterocycles. The molecule has 0 aliphatic rings. The molecule has 4 rings (SSSR count). The minimum absolute atomic E-state index is 0.276. The van der Waals surface area contributed by atoms with Crippen LogP contribution in [0.25, 0.3) is 10.9 Å². The van der Waals surface area contributed by atoms with Crippen molar-refractivity contribution in [2.45, 2.75) is 26.1 Å². The molecule has 4 nitrogen and oxygen atoms in total. The molecule has 5 heteroatoms. The number of benzene rings is 3. The summed E-state index contributed by atoms with van der Waals surface area (Å²) in [6.45, 7) is 2.84. The van der Waals surface area contributed by atoms with E-state index in [0.717, 1.165) is 27.6 Å². The summed E-state index contributed by atoms with van der Waals surface area (Å²) in [6, 6.07) is 25.2. The first-order chi connectivity index (χ1) is 15.0. The summed E-state index contributed by atoms with van der Waals surface area (Å²) in [5.74, 6) is -0.309. The molecule has 0 spiro atoms. The minimum Gasteiger partial charge on any atom is -0.322 e. The third kappa shape index (κ3) is 4.71. The van der Waals surface area contributed by atoms with Crippen molar-refractivity contribution in [3.63, 3.8) is 0 Å². The third-order valence-electron chi connectivity index (χ3n) is 5.34. The van der Waals surface area contributed by atoms with Crippen molar-refractivity contribution in [1.82, 2.24) is 9.88 Å². The molecule has 0 saturated carbocycles. The van der Waals surface area contributed by atoms with E-state index in [1.165, 1.54) is 12.1 Å². The summed E-state index contributed by atoms with van der Waals surface area (Å²) < 4.78 is 13.4. The van der Waals surface area contributed by atoms with E-state index in [-0.39, 0.29) is 11.4 Å². The predicted octanol–water partition coefficient (Wildman–Crippen LogP) is 5.24. The predicted molar refractivity (Wildman–Crippen MR) is 120 cm³/mol. The number of nitrogens with one attached hydrogen (secondary N) is 1. The number of aryl methyl sites for hydroxylation is 1. The van der Waals surface area contributed by atoms with Gasteiger partial charge in [0.05, 0.1) is 6.07 Å². The fourth-order valence-electron chi connectivity index (χ4n) is 3.76. The van der Waals surface area contributed by atoms with Crippen LogP contribution < -0.4 is 5.56 Å². The highest BCUT2D eigenvalue weighted by atomic mass is 19.1. The van der Waals surface area contributed by atoms with E-state index >= 15 is 0 Å². The van der Waals surface area contributed by atoms with Gasteiger partial charge in [0.1, 0.15) is 11.9 Å². The standard InChI is InChI=1S/C26H22FN3O/c1-18-7-10-21-14-23(26(31)29-24(21)13-18)25(15-28)30(16-19-5-3-2-4-6-19)17-20-8-11-22(27)12-9-20/h2-14,25H,16-17H2,1H3,(H,29,31). The van der Waals surface area contributed by atoms with Gasteiger partial charge in [-0.1, -0.05) is 54.6 Å². The van der Waals surface area contributed by atoms with Crippen molar-refractivity contribution < 1.29 is 4.39 Å². The van der Waals surface area contributed by atoms with Gasteiger partial charge in [-0.15, -0.1) is 0 Å². The van der Waals surface area contributed by atoms with E-state index in [1.807, 2.05) is 60.4 Å². The van der Waals surface area contributed by atoms with Crippen LogP contribution in [0.15, 0.2) is 83.7 Å². The second-order valence-corrected chi connectivity index (χ2v) is 7.69. The van der Waals surface area contributed by atoms with E-state index in [0.29, 0.717) is 18.7 Å². The molecule has 0 aliphatic carbocycles. The molecule has 3 aromatic carbocycles. The minimum atomic E-state index is -0.764.